The van der Waals surface area contributed by atoms with Crippen LogP contribution in [0.4, 0.5) is 28.9 Å². The van der Waals surface area contributed by atoms with Crippen LogP contribution < -0.4 is 0 Å². The highest BCUT2D eigenvalue weighted by Crippen LogP contribution is 2.31. The summed E-state index contributed by atoms with van der Waals surface area (Å²) >= 11 is 0. The molecule has 0 amide bonds. The quantitative estimate of drug-likeness (QED) is 0.129. The molecule has 11 heteroatoms. The summed E-state index contributed by atoms with van der Waals surface area (Å²) in [5.41, 5.74) is 14.7. The van der Waals surface area contributed by atoms with Crippen molar-refractivity contribution in [1.82, 2.24) is 0 Å². The van der Waals surface area contributed by atoms with Crippen LogP contribution in [0.1, 0.15) is 18.1 Å². The van der Waals surface area contributed by atoms with Gasteiger partial charge in [-0.2, -0.15) is 0 Å². The molecule has 0 aliphatic carbocycles. The van der Waals surface area contributed by atoms with Crippen molar-refractivity contribution in [2.75, 3.05) is 0 Å². The summed E-state index contributed by atoms with van der Waals surface area (Å²) < 4.78 is 55.6. The second-order valence-corrected chi connectivity index (χ2v) is 5.51. The fraction of sp³-hybridized carbons (Fsp3) is 0.0556. The second-order valence-electron chi connectivity index (χ2n) is 5.51. The van der Waals surface area contributed by atoms with Gasteiger partial charge in [0.25, 0.3) is 0 Å². The van der Waals surface area contributed by atoms with Gasteiger partial charge in [0.15, 0.2) is 29.1 Å². The van der Waals surface area contributed by atoms with E-state index < -0.39 is 40.3 Å². The Hall–Kier alpha value is -4.07. The number of carbonyl (C=O) groups is 1. The molecular weight excluding hydrogens is 392 g/mol. The summed E-state index contributed by atoms with van der Waals surface area (Å²) in [5, 5.41) is 5.98. The monoisotopic (exact) mass is 402 g/mol. The lowest BCUT2D eigenvalue weighted by molar-refractivity contribution is -0.111. The van der Waals surface area contributed by atoms with Gasteiger partial charge in [-0.3, -0.25) is 4.79 Å². The van der Waals surface area contributed by atoms with Crippen molar-refractivity contribution in [3.05, 3.63) is 91.2 Å². The minimum atomic E-state index is -1.87. The lowest BCUT2D eigenvalue weighted by Crippen LogP contribution is -2.02. The molecule has 7 nitrogen and oxygen atoms in total. The van der Waals surface area contributed by atoms with E-state index in [1.807, 2.05) is 0 Å². The van der Waals surface area contributed by atoms with Crippen LogP contribution >= 0.6 is 0 Å². The Morgan fingerprint density at radius 2 is 1.48 bits per heavy atom. The van der Waals surface area contributed by atoms with E-state index in [0.29, 0.717) is 17.3 Å². The predicted octanol–water partition coefficient (Wildman–Crippen LogP) is 6.81. The van der Waals surface area contributed by atoms with Gasteiger partial charge in [-0.1, -0.05) is 40.6 Å². The van der Waals surface area contributed by atoms with Gasteiger partial charge >= 0.3 is 0 Å². The normalized spacial score (nSPS) is 11.1. The van der Waals surface area contributed by atoms with Crippen LogP contribution in [0, 0.1) is 23.3 Å². The van der Waals surface area contributed by atoms with Crippen LogP contribution in [0.25, 0.3) is 33.0 Å². The number of benzene rings is 2. The summed E-state index contributed by atoms with van der Waals surface area (Å²) in [5.74, 6) is -8.01. The Morgan fingerprint density at radius 3 is 2.00 bits per heavy atom. The largest absolute Gasteiger partial charge is 0.290 e. The number of halogens is 4. The van der Waals surface area contributed by atoms with E-state index in [4.69, 9.17) is 11.1 Å². The average Bonchev–Trinajstić information content (AvgIpc) is 2.72. The van der Waals surface area contributed by atoms with E-state index in [2.05, 4.69) is 20.1 Å². The zero-order valence-corrected chi connectivity index (χ0v) is 14.6. The summed E-state index contributed by atoms with van der Waals surface area (Å²) in [6.07, 6.45) is 3.12. The van der Waals surface area contributed by atoms with Gasteiger partial charge in [0.2, 0.25) is 0 Å². The highest BCUT2D eigenvalue weighted by molar-refractivity contribution is 6.08. The summed E-state index contributed by atoms with van der Waals surface area (Å²) in [4.78, 5) is 16.9. The van der Waals surface area contributed by atoms with Crippen LogP contribution in [0.3, 0.4) is 0 Å². The molecule has 146 valence electrons. The highest BCUT2D eigenvalue weighted by Gasteiger charge is 2.24. The first-order valence-corrected chi connectivity index (χ1v) is 7.77. The molecule has 0 aliphatic heterocycles. The van der Waals surface area contributed by atoms with Gasteiger partial charge in [0.05, 0.1) is 5.56 Å². The van der Waals surface area contributed by atoms with Crippen molar-refractivity contribution < 1.29 is 22.4 Å². The summed E-state index contributed by atoms with van der Waals surface area (Å²) in [6, 6.07) is 6.14. The standard InChI is InChI=1S/C18H10F4N6O/c1-9(13(29)7-4-10-2-5-11(6-3-10)25-27-23)8-12-14(19)16(21)18(26-28-24)17(22)15(12)20/h2-8H,1H3/b7-4+,9-8+. The maximum Gasteiger partial charge on any atom is 0.181 e. The highest BCUT2D eigenvalue weighted by atomic mass is 19.2. The smallest absolute Gasteiger partial charge is 0.181 e. The first-order valence-electron chi connectivity index (χ1n) is 7.77. The lowest BCUT2D eigenvalue weighted by atomic mass is 10.0. The van der Waals surface area contributed by atoms with E-state index in [0.717, 1.165) is 6.08 Å². The topological polar surface area (TPSA) is 115 Å². The van der Waals surface area contributed by atoms with Crippen molar-refractivity contribution in [3.63, 3.8) is 0 Å². The van der Waals surface area contributed by atoms with Crippen LogP contribution in [-0.4, -0.2) is 5.78 Å². The molecule has 0 fully saturated rings. The van der Waals surface area contributed by atoms with Crippen LogP contribution in [0.15, 0.2) is 46.1 Å². The molecule has 2 aromatic carbocycles. The fourth-order valence-corrected chi connectivity index (χ4v) is 2.19. The fourth-order valence-electron chi connectivity index (χ4n) is 2.19. The SMILES string of the molecule is C/C(=C\c1c(F)c(F)c(N=[N+]=[N-])c(F)c1F)C(=O)/C=C/c1ccc(N=[N+]=[N-])cc1. The van der Waals surface area contributed by atoms with Crippen molar-refractivity contribution in [3.8, 4) is 0 Å². The number of hydrogen-bond acceptors (Lipinski definition) is 3. The van der Waals surface area contributed by atoms with Crippen molar-refractivity contribution in [1.29, 1.82) is 0 Å². The van der Waals surface area contributed by atoms with E-state index in [9.17, 15) is 22.4 Å². The maximum absolute atomic E-state index is 14.0. The first kappa shape index (κ1) is 21.2. The number of allylic oxidation sites excluding steroid dienone is 2. The molecule has 0 spiro atoms. The Balaban J connectivity index is 2.34. The predicted molar refractivity (Wildman–Crippen MR) is 98.0 cm³/mol. The Labute approximate surface area is 160 Å². The Bertz CT molecular complexity index is 1100. The molecule has 0 saturated heterocycles. The van der Waals surface area contributed by atoms with Gasteiger partial charge in [0.1, 0.15) is 5.69 Å². The van der Waals surface area contributed by atoms with Gasteiger partial charge in [-0.25, -0.2) is 17.6 Å². The molecule has 0 radical (unpaired) electrons. The third-order valence-electron chi connectivity index (χ3n) is 3.65. The number of carbonyl (C=O) groups excluding carboxylic acids is 1. The van der Waals surface area contributed by atoms with Gasteiger partial charge < -0.3 is 0 Å². The van der Waals surface area contributed by atoms with Crippen molar-refractivity contribution in [2.45, 2.75) is 6.92 Å². The molecule has 0 heterocycles. The number of nitrogens with zero attached hydrogens (tertiary/aromatic N) is 6. The third-order valence-corrected chi connectivity index (χ3v) is 3.65. The maximum atomic E-state index is 14.0. The molecule has 0 aliphatic rings. The van der Waals surface area contributed by atoms with Crippen LogP contribution in [0.5, 0.6) is 0 Å². The number of hydrogen-bond donors (Lipinski definition) is 0. The molecule has 0 saturated carbocycles. The second kappa shape index (κ2) is 9.23. The van der Waals surface area contributed by atoms with Crippen LogP contribution in [0.2, 0.25) is 0 Å². The molecular formula is C18H10F4N6O. The minimum absolute atomic E-state index is 0.208. The molecule has 0 aromatic heterocycles. The van der Waals surface area contributed by atoms with Crippen molar-refractivity contribution >= 4 is 29.3 Å². The molecule has 0 atom stereocenters. The molecule has 0 bridgehead atoms. The molecule has 29 heavy (non-hydrogen) atoms. The van der Waals surface area contributed by atoms with Crippen LogP contribution in [-0.2, 0) is 4.79 Å². The molecule has 2 rings (SSSR count). The zero-order chi connectivity index (χ0) is 21.6. The zero-order valence-electron chi connectivity index (χ0n) is 14.6. The van der Waals surface area contributed by atoms with E-state index in [1.54, 1.807) is 12.1 Å². The average molecular weight is 402 g/mol. The van der Waals surface area contributed by atoms with E-state index >= 15 is 0 Å². The first-order chi connectivity index (χ1) is 13.8. The summed E-state index contributed by atoms with van der Waals surface area (Å²) in [6.45, 7) is 1.20. The molecule has 0 N–H and O–H groups in total. The Morgan fingerprint density at radius 1 is 0.931 bits per heavy atom. The third kappa shape index (κ3) is 4.81. The molecule has 0 unspecified atom stereocenters. The van der Waals surface area contributed by atoms with Gasteiger partial charge in [-0.15, -0.1) is 0 Å². The van der Waals surface area contributed by atoms with E-state index in [-0.39, 0.29) is 5.57 Å². The van der Waals surface area contributed by atoms with Crippen molar-refractivity contribution in [2.24, 2.45) is 10.2 Å². The molecule has 2 aromatic rings. The summed E-state index contributed by atoms with van der Waals surface area (Å²) in [7, 11) is 0. The number of ketones is 1. The van der Waals surface area contributed by atoms with E-state index in [1.165, 1.54) is 25.1 Å². The van der Waals surface area contributed by atoms with Gasteiger partial charge in [-0.05, 0) is 41.3 Å². The minimum Gasteiger partial charge on any atom is -0.290 e. The Kier molecular flexibility index (Phi) is 6.75. The number of azide groups is 2. The van der Waals surface area contributed by atoms with Gasteiger partial charge in [0, 0.05) is 15.5 Å². The lowest BCUT2D eigenvalue weighted by Gasteiger charge is -2.07. The number of rotatable bonds is 6.